The van der Waals surface area contributed by atoms with Gasteiger partial charge in [0.1, 0.15) is 11.5 Å². The Hall–Kier alpha value is -1.95. The maximum Gasteiger partial charge on any atom is 0.235 e. The molecule has 0 atom stereocenters. The second-order valence-corrected chi connectivity index (χ2v) is 9.56. The van der Waals surface area contributed by atoms with Gasteiger partial charge >= 0.3 is 0 Å². The highest BCUT2D eigenvalue weighted by molar-refractivity contribution is 14.1. The molecule has 10 heteroatoms. The molecule has 0 amide bonds. The van der Waals surface area contributed by atoms with Gasteiger partial charge in [0.15, 0.2) is 5.82 Å². The zero-order valence-electron chi connectivity index (χ0n) is 14.0. The molecule has 1 heterocycles. The van der Waals surface area contributed by atoms with Gasteiger partial charge in [-0.05, 0) is 66.6 Å². The van der Waals surface area contributed by atoms with Crippen LogP contribution < -0.4 is 10.0 Å². The van der Waals surface area contributed by atoms with E-state index in [4.69, 9.17) is 4.52 Å². The average Bonchev–Trinajstić information content (AvgIpc) is 3.39. The Morgan fingerprint density at radius 1 is 1.22 bits per heavy atom. The van der Waals surface area contributed by atoms with Crippen LogP contribution in [-0.2, 0) is 10.0 Å². The zero-order chi connectivity index (χ0) is 19.3. The first-order chi connectivity index (χ1) is 12.8. The van der Waals surface area contributed by atoms with E-state index in [1.165, 1.54) is 18.2 Å². The van der Waals surface area contributed by atoms with Gasteiger partial charge in [-0.3, -0.25) is 4.72 Å². The van der Waals surface area contributed by atoms with Crippen LogP contribution >= 0.6 is 22.6 Å². The molecular weight excluding hydrogens is 491 g/mol. The van der Waals surface area contributed by atoms with Crippen LogP contribution in [0.1, 0.15) is 18.5 Å². The summed E-state index contributed by atoms with van der Waals surface area (Å²) < 4.78 is 62.2. The molecule has 2 aromatic carbocycles. The fourth-order valence-electron chi connectivity index (χ4n) is 2.70. The van der Waals surface area contributed by atoms with Crippen LogP contribution in [0, 0.1) is 22.1 Å². The number of hydrogen-bond acceptors (Lipinski definition) is 5. The molecule has 4 rings (SSSR count). The van der Waals surface area contributed by atoms with Gasteiger partial charge in [0.05, 0.1) is 22.3 Å². The number of halogens is 3. The van der Waals surface area contributed by atoms with Crippen molar-refractivity contribution in [3.05, 3.63) is 45.2 Å². The van der Waals surface area contributed by atoms with E-state index < -0.39 is 26.9 Å². The number of fused-ring (bicyclic) bond motifs is 1. The van der Waals surface area contributed by atoms with Crippen LogP contribution in [0.3, 0.4) is 0 Å². The first-order valence-corrected chi connectivity index (χ1v) is 10.7. The summed E-state index contributed by atoms with van der Waals surface area (Å²) in [4.78, 5) is 0. The number of rotatable bonds is 5. The van der Waals surface area contributed by atoms with E-state index in [0.717, 1.165) is 0 Å². The molecule has 3 aromatic rings. The molecule has 0 saturated heterocycles. The van der Waals surface area contributed by atoms with E-state index in [9.17, 15) is 12.8 Å². The van der Waals surface area contributed by atoms with Crippen molar-refractivity contribution in [2.75, 3.05) is 10.0 Å². The standard InChI is InChI=1S/C17H14F2IN3O3S/c1-8-11-7-14(23-27(24,25)10-3-4-10)16(15(19)17(11)26-22-8)21-13-5-2-9(20)6-12(13)18/h2,5-7,10,21,23H,3-4H2,1H3. The van der Waals surface area contributed by atoms with Crippen molar-refractivity contribution in [2.45, 2.75) is 25.0 Å². The maximum absolute atomic E-state index is 15.1. The van der Waals surface area contributed by atoms with Crippen LogP contribution in [-0.4, -0.2) is 18.8 Å². The molecule has 1 fully saturated rings. The Balaban J connectivity index is 1.85. The number of sulfonamides is 1. The van der Waals surface area contributed by atoms with Gasteiger partial charge in [0.25, 0.3) is 0 Å². The summed E-state index contributed by atoms with van der Waals surface area (Å²) in [5, 5.41) is 6.22. The summed E-state index contributed by atoms with van der Waals surface area (Å²) in [6.45, 7) is 1.62. The molecule has 1 aliphatic rings. The number of aryl methyl sites for hydroxylation is 1. The number of aromatic nitrogens is 1. The molecule has 0 bridgehead atoms. The minimum absolute atomic E-state index is 0.0109. The van der Waals surface area contributed by atoms with Crippen LogP contribution in [0.25, 0.3) is 11.0 Å². The second-order valence-electron chi connectivity index (χ2n) is 6.35. The van der Waals surface area contributed by atoms with Crippen LogP contribution in [0.4, 0.5) is 25.8 Å². The lowest BCUT2D eigenvalue weighted by molar-refractivity contribution is 0.436. The second kappa shape index (κ2) is 6.59. The molecule has 1 aromatic heterocycles. The third-order valence-electron chi connectivity index (χ3n) is 4.29. The van der Waals surface area contributed by atoms with E-state index in [-0.39, 0.29) is 22.6 Å². The third kappa shape index (κ3) is 3.47. The lowest BCUT2D eigenvalue weighted by Crippen LogP contribution is -2.18. The van der Waals surface area contributed by atoms with Gasteiger partial charge in [-0.15, -0.1) is 0 Å². The quantitative estimate of drug-likeness (QED) is 0.493. The summed E-state index contributed by atoms with van der Waals surface area (Å²) in [5.74, 6) is -1.44. The van der Waals surface area contributed by atoms with Crippen molar-refractivity contribution in [2.24, 2.45) is 0 Å². The summed E-state index contributed by atoms with van der Waals surface area (Å²) in [6.07, 6.45) is 1.11. The molecule has 1 saturated carbocycles. The monoisotopic (exact) mass is 505 g/mol. The van der Waals surface area contributed by atoms with Crippen LogP contribution in [0.5, 0.6) is 0 Å². The third-order valence-corrected chi connectivity index (χ3v) is 6.82. The Kier molecular flexibility index (Phi) is 4.49. The molecule has 2 N–H and O–H groups in total. The van der Waals surface area contributed by atoms with Crippen molar-refractivity contribution in [1.29, 1.82) is 0 Å². The Morgan fingerprint density at radius 3 is 2.63 bits per heavy atom. The van der Waals surface area contributed by atoms with Crippen molar-refractivity contribution in [1.82, 2.24) is 5.16 Å². The number of nitrogens with one attached hydrogen (secondary N) is 2. The van der Waals surface area contributed by atoms with Crippen LogP contribution in [0.2, 0.25) is 0 Å². The fourth-order valence-corrected chi connectivity index (χ4v) is 4.54. The average molecular weight is 505 g/mol. The number of benzene rings is 2. The van der Waals surface area contributed by atoms with Gasteiger partial charge in [-0.2, -0.15) is 0 Å². The Morgan fingerprint density at radius 2 is 1.96 bits per heavy atom. The summed E-state index contributed by atoms with van der Waals surface area (Å²) in [6, 6.07) is 5.82. The molecule has 6 nitrogen and oxygen atoms in total. The fraction of sp³-hybridized carbons (Fsp3) is 0.235. The van der Waals surface area contributed by atoms with E-state index >= 15 is 4.39 Å². The van der Waals surface area contributed by atoms with Gasteiger partial charge in [0.2, 0.25) is 15.6 Å². The van der Waals surface area contributed by atoms with E-state index in [2.05, 4.69) is 15.2 Å². The maximum atomic E-state index is 15.1. The molecule has 0 spiro atoms. The van der Waals surface area contributed by atoms with Crippen molar-refractivity contribution >= 4 is 60.6 Å². The van der Waals surface area contributed by atoms with Gasteiger partial charge in [0, 0.05) is 8.96 Å². The van der Waals surface area contributed by atoms with E-state index in [1.807, 2.05) is 22.6 Å². The summed E-state index contributed by atoms with van der Waals surface area (Å²) in [5.41, 5.74) is 0.0639. The predicted octanol–water partition coefficient (Wildman–Crippen LogP) is 4.67. The molecule has 1 aliphatic carbocycles. The van der Waals surface area contributed by atoms with E-state index in [0.29, 0.717) is 27.5 Å². The van der Waals surface area contributed by atoms with Crippen LogP contribution in [0.15, 0.2) is 28.8 Å². The largest absolute Gasteiger partial charge is 0.353 e. The van der Waals surface area contributed by atoms with Gasteiger partial charge in [-0.25, -0.2) is 17.2 Å². The lowest BCUT2D eigenvalue weighted by Gasteiger charge is -2.16. The summed E-state index contributed by atoms with van der Waals surface area (Å²) in [7, 11) is -3.66. The van der Waals surface area contributed by atoms with Crippen molar-refractivity contribution in [3.8, 4) is 0 Å². The molecule has 142 valence electrons. The zero-order valence-corrected chi connectivity index (χ0v) is 17.0. The van der Waals surface area contributed by atoms with Gasteiger partial charge in [-0.1, -0.05) is 5.16 Å². The van der Waals surface area contributed by atoms with Crippen molar-refractivity contribution in [3.63, 3.8) is 0 Å². The molecule has 27 heavy (non-hydrogen) atoms. The first-order valence-electron chi connectivity index (χ1n) is 8.08. The first kappa shape index (κ1) is 18.4. The molecule has 0 unspecified atom stereocenters. The summed E-state index contributed by atoms with van der Waals surface area (Å²) >= 11 is 1.96. The molecular formula is C17H14F2IN3O3S. The minimum Gasteiger partial charge on any atom is -0.353 e. The van der Waals surface area contributed by atoms with Gasteiger partial charge < -0.3 is 9.84 Å². The highest BCUT2D eigenvalue weighted by atomic mass is 127. The van der Waals surface area contributed by atoms with Crippen molar-refractivity contribution < 1.29 is 21.7 Å². The topological polar surface area (TPSA) is 84.2 Å². The van der Waals surface area contributed by atoms with E-state index in [1.54, 1.807) is 13.0 Å². The molecule has 0 aliphatic heterocycles. The molecule has 0 radical (unpaired) electrons. The Labute approximate surface area is 167 Å². The number of hydrogen-bond donors (Lipinski definition) is 2. The predicted molar refractivity (Wildman–Crippen MR) is 107 cm³/mol. The SMILES string of the molecule is Cc1noc2c(F)c(Nc3ccc(I)cc3F)c(NS(=O)(=O)C3CC3)cc12. The normalized spacial score (nSPS) is 14.5. The Bertz CT molecular complexity index is 1160. The lowest BCUT2D eigenvalue weighted by atomic mass is 10.1. The minimum atomic E-state index is -3.66. The smallest absolute Gasteiger partial charge is 0.235 e. The highest BCUT2D eigenvalue weighted by Crippen LogP contribution is 2.39. The number of nitrogens with zero attached hydrogens (tertiary/aromatic N) is 1. The number of anilines is 3. The highest BCUT2D eigenvalue weighted by Gasteiger charge is 2.36.